The van der Waals surface area contributed by atoms with Crippen molar-refractivity contribution in [3.8, 4) is 0 Å². The monoisotopic (exact) mass is 225 g/mol. The van der Waals surface area contributed by atoms with Gasteiger partial charge in [-0.15, -0.1) is 0 Å². The largest absolute Gasteiger partial charge is 0.444 e. The number of rotatable bonds is 1. The molecule has 3 atom stereocenters. The van der Waals surface area contributed by atoms with Gasteiger partial charge in [0.15, 0.2) is 5.78 Å². The molecule has 0 spiro atoms. The van der Waals surface area contributed by atoms with Crippen molar-refractivity contribution in [2.24, 2.45) is 5.92 Å². The van der Waals surface area contributed by atoms with Gasteiger partial charge in [0.25, 0.3) is 0 Å². The Morgan fingerprint density at radius 2 is 1.88 bits per heavy atom. The van der Waals surface area contributed by atoms with E-state index in [4.69, 9.17) is 4.74 Å². The number of amides is 1. The molecule has 1 saturated carbocycles. The van der Waals surface area contributed by atoms with Crippen LogP contribution in [0.3, 0.4) is 0 Å². The van der Waals surface area contributed by atoms with E-state index in [0.29, 0.717) is 5.92 Å². The first-order chi connectivity index (χ1) is 7.29. The topological polar surface area (TPSA) is 46.6 Å². The van der Waals surface area contributed by atoms with Gasteiger partial charge < -0.3 is 4.74 Å². The maximum atomic E-state index is 12.0. The van der Waals surface area contributed by atoms with Crippen LogP contribution in [-0.4, -0.2) is 34.5 Å². The lowest BCUT2D eigenvalue weighted by atomic mass is 10.1. The van der Waals surface area contributed by atoms with E-state index in [1.807, 2.05) is 20.8 Å². The number of ether oxygens (including phenoxy) is 1. The zero-order valence-electron chi connectivity index (χ0n) is 10.3. The van der Waals surface area contributed by atoms with Gasteiger partial charge in [-0.25, -0.2) is 4.79 Å². The van der Waals surface area contributed by atoms with Crippen LogP contribution in [0.25, 0.3) is 0 Å². The van der Waals surface area contributed by atoms with Crippen LogP contribution >= 0.6 is 0 Å². The molecule has 16 heavy (non-hydrogen) atoms. The van der Waals surface area contributed by atoms with Crippen LogP contribution in [0.15, 0.2) is 0 Å². The summed E-state index contributed by atoms with van der Waals surface area (Å²) >= 11 is 0. The standard InChI is InChI=1S/C12H19NO3/c1-7(14)9-5-8-6-10(8)13(9)11(15)16-12(2,3)4/h8-10H,5-6H2,1-4H3/t8?,9-,10+/m0/s1. The van der Waals surface area contributed by atoms with E-state index in [0.717, 1.165) is 12.8 Å². The van der Waals surface area contributed by atoms with E-state index < -0.39 is 5.60 Å². The molecule has 0 radical (unpaired) electrons. The summed E-state index contributed by atoms with van der Waals surface area (Å²) in [5, 5.41) is 0. The number of nitrogens with zero attached hydrogens (tertiary/aromatic N) is 1. The zero-order chi connectivity index (χ0) is 12.1. The van der Waals surface area contributed by atoms with Gasteiger partial charge in [-0.1, -0.05) is 0 Å². The molecule has 0 N–H and O–H groups in total. The maximum Gasteiger partial charge on any atom is 0.411 e. The Bertz CT molecular complexity index is 332. The molecule has 1 unspecified atom stereocenters. The van der Waals surface area contributed by atoms with E-state index in [9.17, 15) is 9.59 Å². The number of piperidine rings is 1. The van der Waals surface area contributed by atoms with Crippen LogP contribution < -0.4 is 0 Å². The Labute approximate surface area is 95.9 Å². The highest BCUT2D eigenvalue weighted by Crippen LogP contribution is 2.48. The maximum absolute atomic E-state index is 12.0. The molecule has 2 rings (SSSR count). The number of carbonyl (C=O) groups is 2. The van der Waals surface area contributed by atoms with E-state index in [-0.39, 0.29) is 24.0 Å². The first kappa shape index (κ1) is 11.4. The van der Waals surface area contributed by atoms with Crippen molar-refractivity contribution < 1.29 is 14.3 Å². The highest BCUT2D eigenvalue weighted by molar-refractivity contribution is 5.86. The van der Waals surface area contributed by atoms with Gasteiger partial charge in [0, 0.05) is 6.04 Å². The van der Waals surface area contributed by atoms with Crippen LogP contribution in [-0.2, 0) is 9.53 Å². The van der Waals surface area contributed by atoms with E-state index in [1.54, 1.807) is 11.8 Å². The summed E-state index contributed by atoms with van der Waals surface area (Å²) in [7, 11) is 0. The highest BCUT2D eigenvalue weighted by Gasteiger charge is 2.56. The molecule has 4 nitrogen and oxygen atoms in total. The lowest BCUT2D eigenvalue weighted by Gasteiger charge is -2.29. The highest BCUT2D eigenvalue weighted by atomic mass is 16.6. The second-order valence-corrected chi connectivity index (χ2v) is 5.81. The third-order valence-electron chi connectivity index (χ3n) is 3.18. The van der Waals surface area contributed by atoms with Gasteiger partial charge in [-0.2, -0.15) is 0 Å². The molecule has 0 aromatic heterocycles. The molecule has 0 bridgehead atoms. The summed E-state index contributed by atoms with van der Waals surface area (Å²) in [5.41, 5.74) is -0.495. The fourth-order valence-electron chi connectivity index (χ4n) is 2.40. The number of hydrogen-bond acceptors (Lipinski definition) is 3. The molecular formula is C12H19NO3. The fraction of sp³-hybridized carbons (Fsp3) is 0.833. The fourth-order valence-corrected chi connectivity index (χ4v) is 2.40. The lowest BCUT2D eigenvalue weighted by Crippen LogP contribution is -2.44. The van der Waals surface area contributed by atoms with Gasteiger partial charge >= 0.3 is 6.09 Å². The van der Waals surface area contributed by atoms with Crippen LogP contribution in [0.5, 0.6) is 0 Å². The molecule has 2 fully saturated rings. The van der Waals surface area contributed by atoms with Crippen LogP contribution in [0.2, 0.25) is 0 Å². The Hall–Kier alpha value is -1.06. The van der Waals surface area contributed by atoms with Crippen molar-refractivity contribution in [2.75, 3.05) is 0 Å². The van der Waals surface area contributed by atoms with Crippen molar-refractivity contribution in [2.45, 2.75) is 58.2 Å². The van der Waals surface area contributed by atoms with Crippen molar-refractivity contribution in [3.05, 3.63) is 0 Å². The molecule has 1 amide bonds. The second kappa shape index (κ2) is 3.47. The number of carbonyl (C=O) groups excluding carboxylic acids is 2. The minimum Gasteiger partial charge on any atom is -0.444 e. The summed E-state index contributed by atoms with van der Waals surface area (Å²) in [6, 6.07) is 0.00218. The molecule has 0 aromatic carbocycles. The summed E-state index contributed by atoms with van der Waals surface area (Å²) in [6.07, 6.45) is 1.51. The van der Waals surface area contributed by atoms with Crippen LogP contribution in [0, 0.1) is 5.92 Å². The molecule has 0 aromatic rings. The molecule has 2 aliphatic rings. The predicted octanol–water partition coefficient (Wildman–Crippen LogP) is 1.97. The molecular weight excluding hydrogens is 206 g/mol. The zero-order valence-corrected chi connectivity index (χ0v) is 10.3. The minimum absolute atomic E-state index is 0.0676. The summed E-state index contributed by atoms with van der Waals surface area (Å²) in [4.78, 5) is 25.1. The summed E-state index contributed by atoms with van der Waals surface area (Å²) < 4.78 is 5.33. The number of fused-ring (bicyclic) bond motifs is 1. The molecule has 90 valence electrons. The summed E-state index contributed by atoms with van der Waals surface area (Å²) in [6.45, 7) is 7.07. The second-order valence-electron chi connectivity index (χ2n) is 5.81. The smallest absolute Gasteiger partial charge is 0.411 e. The predicted molar refractivity (Wildman–Crippen MR) is 59.1 cm³/mol. The third-order valence-corrected chi connectivity index (χ3v) is 3.18. The Kier molecular flexibility index (Phi) is 2.48. The van der Waals surface area contributed by atoms with Gasteiger partial charge in [-0.05, 0) is 46.5 Å². The number of hydrogen-bond donors (Lipinski definition) is 0. The SMILES string of the molecule is CC(=O)[C@@H]1CC2C[C@H]2N1C(=O)OC(C)(C)C. The average Bonchev–Trinajstić information content (AvgIpc) is 2.73. The molecule has 4 heteroatoms. The lowest BCUT2D eigenvalue weighted by molar-refractivity contribution is -0.121. The van der Waals surface area contributed by atoms with E-state index in [1.165, 1.54) is 0 Å². The molecule has 1 heterocycles. The van der Waals surface area contributed by atoms with Crippen molar-refractivity contribution >= 4 is 11.9 Å². The third kappa shape index (κ3) is 2.06. The van der Waals surface area contributed by atoms with Gasteiger partial charge in [0.05, 0.1) is 6.04 Å². The summed E-state index contributed by atoms with van der Waals surface area (Å²) in [5.74, 6) is 0.597. The number of ketones is 1. The first-order valence-electron chi connectivity index (χ1n) is 5.81. The van der Waals surface area contributed by atoms with Crippen molar-refractivity contribution in [1.29, 1.82) is 0 Å². The van der Waals surface area contributed by atoms with E-state index in [2.05, 4.69) is 0 Å². The Morgan fingerprint density at radius 1 is 1.25 bits per heavy atom. The molecule has 1 aliphatic heterocycles. The van der Waals surface area contributed by atoms with Crippen LogP contribution in [0.4, 0.5) is 4.79 Å². The van der Waals surface area contributed by atoms with E-state index >= 15 is 0 Å². The quantitative estimate of drug-likeness (QED) is 0.685. The Balaban J connectivity index is 2.07. The number of Topliss-reactive ketones (excluding diaryl/α,β-unsaturated/α-hetero) is 1. The first-order valence-corrected chi connectivity index (χ1v) is 5.81. The number of likely N-dealkylation sites (tertiary alicyclic amines) is 1. The van der Waals surface area contributed by atoms with Crippen LogP contribution in [0.1, 0.15) is 40.5 Å². The van der Waals surface area contributed by atoms with Crippen molar-refractivity contribution in [3.63, 3.8) is 0 Å². The van der Waals surface area contributed by atoms with Gasteiger partial charge in [-0.3, -0.25) is 9.69 Å². The van der Waals surface area contributed by atoms with Gasteiger partial charge in [0.1, 0.15) is 5.60 Å². The minimum atomic E-state index is -0.495. The molecule has 1 saturated heterocycles. The normalized spacial score (nSPS) is 32.2. The Morgan fingerprint density at radius 3 is 2.38 bits per heavy atom. The van der Waals surface area contributed by atoms with Crippen molar-refractivity contribution in [1.82, 2.24) is 4.90 Å². The van der Waals surface area contributed by atoms with Gasteiger partial charge in [0.2, 0.25) is 0 Å². The molecule has 1 aliphatic carbocycles. The average molecular weight is 225 g/mol.